The van der Waals surface area contributed by atoms with Crippen LogP contribution in [-0.4, -0.2) is 15.2 Å². The molecule has 4 aromatic rings. The summed E-state index contributed by atoms with van der Waals surface area (Å²) in [5.74, 6) is 0. The predicted octanol–water partition coefficient (Wildman–Crippen LogP) is 3.27. The molecule has 0 amide bonds. The molecule has 1 atom stereocenters. The monoisotopic (exact) mass is 440 g/mol. The van der Waals surface area contributed by atoms with Gasteiger partial charge in [-0.15, -0.1) is 10.2 Å². The molecule has 32 heavy (non-hydrogen) atoms. The second-order valence-corrected chi connectivity index (χ2v) is 8.19. The van der Waals surface area contributed by atoms with E-state index >= 15 is 0 Å². The lowest BCUT2D eigenvalue weighted by Gasteiger charge is -2.22. The minimum absolute atomic E-state index is 0.00407. The van der Waals surface area contributed by atoms with Crippen LogP contribution in [0.5, 0.6) is 0 Å². The van der Waals surface area contributed by atoms with Crippen molar-refractivity contribution in [2.45, 2.75) is 6.04 Å². The first-order valence-electron chi connectivity index (χ1n) is 9.85. The second kappa shape index (κ2) is 8.16. The van der Waals surface area contributed by atoms with Gasteiger partial charge < -0.3 is 0 Å². The van der Waals surface area contributed by atoms with Crippen molar-refractivity contribution in [1.29, 1.82) is 0 Å². The zero-order valence-corrected chi connectivity index (χ0v) is 17.5. The molecule has 156 valence electrons. The van der Waals surface area contributed by atoms with Gasteiger partial charge >= 0.3 is 0 Å². The van der Waals surface area contributed by atoms with Gasteiger partial charge in [-0.25, -0.2) is 0 Å². The molecule has 8 heteroatoms. The van der Waals surface area contributed by atoms with Crippen molar-refractivity contribution in [3.8, 4) is 0 Å². The van der Waals surface area contributed by atoms with Crippen LogP contribution in [0.3, 0.4) is 0 Å². The third kappa shape index (κ3) is 3.57. The summed E-state index contributed by atoms with van der Waals surface area (Å²) in [5.41, 5.74) is 3.06. The lowest BCUT2D eigenvalue weighted by molar-refractivity contribution is -0.384. The first kappa shape index (κ1) is 19.8. The fourth-order valence-corrected chi connectivity index (χ4v) is 4.61. The molecule has 0 radical (unpaired) electrons. The van der Waals surface area contributed by atoms with Crippen LogP contribution in [-0.2, 0) is 0 Å². The van der Waals surface area contributed by atoms with Crippen molar-refractivity contribution >= 4 is 28.8 Å². The summed E-state index contributed by atoms with van der Waals surface area (Å²) in [5, 5.41) is 19.7. The largest absolute Gasteiger partial charge is 0.271 e. The number of rotatable bonds is 4. The molecule has 1 aliphatic heterocycles. The molecule has 3 aromatic carbocycles. The Balaban J connectivity index is 1.67. The summed E-state index contributed by atoms with van der Waals surface area (Å²) < 4.78 is 2.16. The molecule has 0 saturated heterocycles. The highest BCUT2D eigenvalue weighted by atomic mass is 32.1. The molecular formula is C24H16N4O3S. The van der Waals surface area contributed by atoms with Crippen LogP contribution in [0.25, 0.3) is 6.08 Å². The summed E-state index contributed by atoms with van der Waals surface area (Å²) in [4.78, 5) is 24.4. The van der Waals surface area contributed by atoms with Gasteiger partial charge in [0.2, 0.25) is 4.80 Å². The standard InChI is InChI=1S/C24H16N4O3S/c29-23-20(15-16-11-13-19(14-12-16)28(30)31)32-24-26-25-21(17-7-3-1-4-8-17)22(27(23)24)18-9-5-2-6-10-18/h1-15,22H/t22-/m1/s1. The highest BCUT2D eigenvalue weighted by Gasteiger charge is 2.28. The average Bonchev–Trinajstić information content (AvgIpc) is 3.15. The minimum Gasteiger partial charge on any atom is -0.268 e. The van der Waals surface area contributed by atoms with Gasteiger partial charge in [-0.05, 0) is 29.3 Å². The van der Waals surface area contributed by atoms with Crippen molar-refractivity contribution in [3.05, 3.63) is 131 Å². The number of nitro groups is 1. The minimum atomic E-state index is -0.450. The Hall–Kier alpha value is -4.17. The highest BCUT2D eigenvalue weighted by Crippen LogP contribution is 2.24. The van der Waals surface area contributed by atoms with Crippen LogP contribution in [0.1, 0.15) is 22.7 Å². The molecule has 7 nitrogen and oxygen atoms in total. The van der Waals surface area contributed by atoms with Crippen molar-refractivity contribution in [3.63, 3.8) is 0 Å². The number of hydrogen-bond acceptors (Lipinski definition) is 6. The number of thiazole rings is 1. The van der Waals surface area contributed by atoms with E-state index in [0.29, 0.717) is 20.6 Å². The van der Waals surface area contributed by atoms with Gasteiger partial charge in [-0.3, -0.25) is 19.5 Å². The number of fused-ring (bicyclic) bond motifs is 1. The Labute approximate surface area is 186 Å². The van der Waals surface area contributed by atoms with Crippen LogP contribution in [0, 0.1) is 10.1 Å². The molecule has 0 saturated carbocycles. The van der Waals surface area contributed by atoms with E-state index in [9.17, 15) is 14.9 Å². The Kier molecular flexibility index (Phi) is 5.04. The summed E-state index contributed by atoms with van der Waals surface area (Å²) in [6.45, 7) is 0. The molecule has 1 aliphatic rings. The number of hydrogen-bond donors (Lipinski definition) is 0. The van der Waals surface area contributed by atoms with E-state index < -0.39 is 11.0 Å². The summed E-state index contributed by atoms with van der Waals surface area (Å²) >= 11 is 1.25. The Morgan fingerprint density at radius 3 is 2.22 bits per heavy atom. The number of nitro benzene ring substituents is 1. The van der Waals surface area contributed by atoms with E-state index in [0.717, 1.165) is 11.1 Å². The second-order valence-electron chi connectivity index (χ2n) is 7.18. The summed E-state index contributed by atoms with van der Waals surface area (Å²) in [7, 11) is 0. The van der Waals surface area contributed by atoms with Crippen LogP contribution < -0.4 is 14.9 Å². The Bertz CT molecular complexity index is 1510. The van der Waals surface area contributed by atoms with E-state index in [2.05, 4.69) is 10.2 Å². The van der Waals surface area contributed by atoms with E-state index in [-0.39, 0.29) is 11.2 Å². The molecular weight excluding hydrogens is 424 g/mol. The molecule has 0 spiro atoms. The molecule has 5 rings (SSSR count). The van der Waals surface area contributed by atoms with Gasteiger partial charge in [0.15, 0.2) is 0 Å². The number of non-ortho nitro benzene ring substituents is 1. The van der Waals surface area contributed by atoms with Crippen LogP contribution in [0.15, 0.2) is 99.9 Å². The number of aromatic nitrogens is 1. The lowest BCUT2D eigenvalue weighted by Crippen LogP contribution is -2.40. The SMILES string of the molecule is O=c1c(=Cc2ccc([N+](=O)[O-])cc2)sc2n1[C@H](c1ccccc1)C(c1ccccc1)=NN=2. The lowest BCUT2D eigenvalue weighted by atomic mass is 9.96. The normalized spacial score (nSPS) is 15.6. The Morgan fingerprint density at radius 2 is 1.56 bits per heavy atom. The smallest absolute Gasteiger partial charge is 0.268 e. The first-order chi connectivity index (χ1) is 15.6. The molecule has 0 unspecified atom stereocenters. The van der Waals surface area contributed by atoms with E-state index in [4.69, 9.17) is 0 Å². The molecule has 0 N–H and O–H groups in total. The highest BCUT2D eigenvalue weighted by molar-refractivity contribution is 7.07. The third-order valence-electron chi connectivity index (χ3n) is 5.18. The molecule has 2 heterocycles. The van der Waals surface area contributed by atoms with Gasteiger partial charge in [0.25, 0.3) is 11.2 Å². The van der Waals surface area contributed by atoms with Crippen LogP contribution >= 0.6 is 11.3 Å². The van der Waals surface area contributed by atoms with Gasteiger partial charge in [-0.2, -0.15) is 0 Å². The van der Waals surface area contributed by atoms with Gasteiger partial charge in [0, 0.05) is 17.7 Å². The van der Waals surface area contributed by atoms with Crippen molar-refractivity contribution < 1.29 is 4.92 Å². The Morgan fingerprint density at radius 1 is 0.906 bits per heavy atom. The van der Waals surface area contributed by atoms with Gasteiger partial charge in [0.05, 0.1) is 15.2 Å². The first-order valence-corrected chi connectivity index (χ1v) is 10.7. The maximum Gasteiger partial charge on any atom is 0.271 e. The molecule has 0 fully saturated rings. The van der Waals surface area contributed by atoms with E-state index in [1.54, 1.807) is 22.8 Å². The average molecular weight is 440 g/mol. The quantitative estimate of drug-likeness (QED) is 0.360. The van der Waals surface area contributed by atoms with Crippen molar-refractivity contribution in [1.82, 2.24) is 4.57 Å². The van der Waals surface area contributed by atoms with Gasteiger partial charge in [0.1, 0.15) is 6.04 Å². The zero-order valence-electron chi connectivity index (χ0n) is 16.7. The number of nitrogens with zero attached hydrogens (tertiary/aromatic N) is 4. The van der Waals surface area contributed by atoms with Crippen LogP contribution in [0.4, 0.5) is 5.69 Å². The summed E-state index contributed by atoms with van der Waals surface area (Å²) in [6.07, 6.45) is 1.72. The summed E-state index contributed by atoms with van der Waals surface area (Å²) in [6, 6.07) is 25.1. The molecule has 1 aromatic heterocycles. The molecule has 0 bridgehead atoms. The van der Waals surface area contributed by atoms with E-state index in [1.807, 2.05) is 60.7 Å². The van der Waals surface area contributed by atoms with E-state index in [1.165, 1.54) is 23.5 Å². The van der Waals surface area contributed by atoms with Crippen molar-refractivity contribution in [2.75, 3.05) is 0 Å². The fourth-order valence-electron chi connectivity index (χ4n) is 3.67. The predicted molar refractivity (Wildman–Crippen MR) is 124 cm³/mol. The van der Waals surface area contributed by atoms with Gasteiger partial charge in [-0.1, -0.05) is 72.0 Å². The number of benzene rings is 3. The zero-order chi connectivity index (χ0) is 22.1. The maximum atomic E-state index is 13.5. The topological polar surface area (TPSA) is 89.9 Å². The molecule has 0 aliphatic carbocycles. The fraction of sp³-hybridized carbons (Fsp3) is 0.0417. The van der Waals surface area contributed by atoms with Crippen LogP contribution in [0.2, 0.25) is 0 Å². The maximum absolute atomic E-state index is 13.5. The van der Waals surface area contributed by atoms with Crippen molar-refractivity contribution in [2.24, 2.45) is 10.2 Å². The third-order valence-corrected chi connectivity index (χ3v) is 6.16.